The summed E-state index contributed by atoms with van der Waals surface area (Å²) in [6.45, 7) is 1.84. The number of aryl methyl sites for hydroxylation is 1. The summed E-state index contributed by atoms with van der Waals surface area (Å²) in [5, 5.41) is 8.77. The molecule has 6 rings (SSSR count). The number of oxazole rings is 1. The Kier molecular flexibility index (Phi) is 5.93. The summed E-state index contributed by atoms with van der Waals surface area (Å²) in [7, 11) is 0. The number of hydrogen-bond acceptors (Lipinski definition) is 4. The van der Waals surface area contributed by atoms with Gasteiger partial charge in [-0.25, -0.2) is 4.98 Å². The minimum Gasteiger partial charge on any atom is -0.488 e. The Morgan fingerprint density at radius 1 is 0.794 bits per heavy atom. The summed E-state index contributed by atoms with van der Waals surface area (Å²) in [4.78, 5) is 4.47. The molecule has 0 saturated heterocycles. The van der Waals surface area contributed by atoms with E-state index in [1.54, 1.807) is 6.33 Å². The predicted molar refractivity (Wildman–Crippen MR) is 129 cm³/mol. The fourth-order valence-corrected chi connectivity index (χ4v) is 4.24. The Bertz CT molecular complexity index is 1510. The summed E-state index contributed by atoms with van der Waals surface area (Å²) in [5.41, 5.74) is 7.55. The Labute approximate surface area is 210 Å². The van der Waals surface area contributed by atoms with Crippen LogP contribution >= 0.6 is 0 Å². The number of para-hydroxylation sites is 1. The van der Waals surface area contributed by atoms with Crippen LogP contribution < -0.4 is 0 Å². The molecule has 4 aromatic carbocycles. The van der Waals surface area contributed by atoms with Gasteiger partial charge in [0, 0.05) is 43.7 Å². The van der Waals surface area contributed by atoms with Crippen molar-refractivity contribution in [1.82, 2.24) is 19.7 Å². The molecule has 6 aromatic rings. The van der Waals surface area contributed by atoms with Crippen LogP contribution in [-0.4, -0.2) is 19.7 Å². The molecule has 0 amide bonds. The summed E-state index contributed by atoms with van der Waals surface area (Å²) in [6, 6.07) is 34.1. The van der Waals surface area contributed by atoms with Gasteiger partial charge in [0.25, 0.3) is 0 Å². The van der Waals surface area contributed by atoms with E-state index in [1.807, 2.05) is 60.0 Å². The van der Waals surface area contributed by atoms with Crippen LogP contribution in [0.4, 0.5) is 0 Å². The number of hydrogen-bond donors (Lipinski definition) is 0. The summed E-state index contributed by atoms with van der Waals surface area (Å²) in [6.07, 6.45) is 1.75. The predicted octanol–water partition coefficient (Wildman–Crippen LogP) is 6.52. The van der Waals surface area contributed by atoms with Crippen molar-refractivity contribution in [2.45, 2.75) is 6.92 Å². The average molecular weight is 620 g/mol. The van der Waals surface area contributed by atoms with Gasteiger partial charge in [0.1, 0.15) is 6.33 Å². The zero-order valence-electron chi connectivity index (χ0n) is 18.3. The van der Waals surface area contributed by atoms with Gasteiger partial charge in [-0.15, -0.1) is 23.3 Å². The second kappa shape index (κ2) is 9.18. The molecular weight excluding hydrogens is 601 g/mol. The third-order valence-corrected chi connectivity index (χ3v) is 5.67. The largest absolute Gasteiger partial charge is 0.488 e. The first-order chi connectivity index (χ1) is 16.3. The maximum Gasteiger partial charge on any atom is 0.180 e. The Balaban J connectivity index is 0.00000241. The molecular formula is C28H19IrN4O-. The Morgan fingerprint density at radius 3 is 2.09 bits per heavy atom. The van der Waals surface area contributed by atoms with Crippen LogP contribution in [0.25, 0.3) is 50.4 Å². The summed E-state index contributed by atoms with van der Waals surface area (Å²) in [5.74, 6) is 1.25. The van der Waals surface area contributed by atoms with Crippen molar-refractivity contribution in [3.05, 3.63) is 109 Å². The van der Waals surface area contributed by atoms with Crippen molar-refractivity contribution in [3.63, 3.8) is 0 Å². The molecule has 0 saturated carbocycles. The first kappa shape index (κ1) is 22.0. The molecule has 1 radical (unpaired) electrons. The van der Waals surface area contributed by atoms with E-state index in [0.29, 0.717) is 17.3 Å². The van der Waals surface area contributed by atoms with Crippen molar-refractivity contribution < 1.29 is 24.5 Å². The minimum atomic E-state index is 0. The molecule has 0 aliphatic heterocycles. The van der Waals surface area contributed by atoms with Crippen LogP contribution in [0.1, 0.15) is 5.89 Å². The Morgan fingerprint density at radius 2 is 1.44 bits per heavy atom. The van der Waals surface area contributed by atoms with E-state index in [2.05, 4.69) is 63.7 Å². The van der Waals surface area contributed by atoms with E-state index in [1.165, 1.54) is 0 Å². The molecule has 0 unspecified atom stereocenters. The molecule has 34 heavy (non-hydrogen) atoms. The van der Waals surface area contributed by atoms with Gasteiger partial charge in [0.05, 0.1) is 17.1 Å². The number of aromatic nitrogens is 4. The van der Waals surface area contributed by atoms with Crippen molar-refractivity contribution in [2.75, 3.05) is 0 Å². The number of rotatable bonds is 4. The van der Waals surface area contributed by atoms with Crippen molar-refractivity contribution >= 4 is 11.1 Å². The van der Waals surface area contributed by atoms with Gasteiger partial charge in [-0.05, 0) is 11.1 Å². The average Bonchev–Trinajstić information content (AvgIpc) is 3.50. The molecule has 167 valence electrons. The molecule has 0 spiro atoms. The molecule has 0 N–H and O–H groups in total. The molecule has 5 nitrogen and oxygen atoms in total. The maximum atomic E-state index is 5.92. The fourth-order valence-electron chi connectivity index (χ4n) is 4.24. The van der Waals surface area contributed by atoms with Crippen LogP contribution in [-0.2, 0) is 20.1 Å². The molecule has 6 heteroatoms. The van der Waals surface area contributed by atoms with Gasteiger partial charge >= 0.3 is 0 Å². The van der Waals surface area contributed by atoms with Crippen LogP contribution in [0, 0.1) is 13.0 Å². The molecule has 0 fully saturated rings. The van der Waals surface area contributed by atoms with Crippen LogP contribution in [0.3, 0.4) is 0 Å². The molecule has 0 bridgehead atoms. The first-order valence-electron chi connectivity index (χ1n) is 10.7. The summed E-state index contributed by atoms with van der Waals surface area (Å²) < 4.78 is 7.94. The first-order valence-corrected chi connectivity index (χ1v) is 10.7. The Hall–Kier alpha value is -3.86. The monoisotopic (exact) mass is 620 g/mol. The smallest absolute Gasteiger partial charge is 0.180 e. The van der Waals surface area contributed by atoms with Crippen LogP contribution in [0.15, 0.2) is 102 Å². The van der Waals surface area contributed by atoms with E-state index < -0.39 is 0 Å². The number of nitrogens with zero attached hydrogens (tertiary/aromatic N) is 4. The van der Waals surface area contributed by atoms with Crippen molar-refractivity contribution in [3.8, 4) is 39.3 Å². The van der Waals surface area contributed by atoms with E-state index >= 15 is 0 Å². The van der Waals surface area contributed by atoms with E-state index in [0.717, 1.165) is 39.0 Å². The van der Waals surface area contributed by atoms with E-state index in [9.17, 15) is 0 Å². The summed E-state index contributed by atoms with van der Waals surface area (Å²) >= 11 is 0. The maximum absolute atomic E-state index is 5.92. The fraction of sp³-hybridized carbons (Fsp3) is 0.0357. The van der Waals surface area contributed by atoms with E-state index in [4.69, 9.17) is 4.42 Å². The minimum absolute atomic E-state index is 0. The quantitative estimate of drug-likeness (QED) is 0.211. The number of fused-ring (bicyclic) bond motifs is 1. The van der Waals surface area contributed by atoms with Crippen LogP contribution in [0.5, 0.6) is 0 Å². The molecule has 2 heterocycles. The molecule has 2 aromatic heterocycles. The van der Waals surface area contributed by atoms with Gasteiger partial charge in [-0.2, -0.15) is 5.10 Å². The second-order valence-electron chi connectivity index (χ2n) is 7.76. The van der Waals surface area contributed by atoms with Crippen LogP contribution in [0.2, 0.25) is 0 Å². The molecule has 0 atom stereocenters. The molecule has 0 aliphatic carbocycles. The van der Waals surface area contributed by atoms with Gasteiger partial charge < -0.3 is 8.98 Å². The zero-order valence-corrected chi connectivity index (χ0v) is 20.7. The third kappa shape index (κ3) is 3.77. The van der Waals surface area contributed by atoms with Gasteiger partial charge in [-0.3, -0.25) is 0 Å². The third-order valence-electron chi connectivity index (χ3n) is 5.67. The van der Waals surface area contributed by atoms with Gasteiger partial charge in [0.2, 0.25) is 0 Å². The van der Waals surface area contributed by atoms with Gasteiger partial charge in [0.15, 0.2) is 5.89 Å². The SMILES string of the molecule is Cc1nc2cc[c-]c(-c3nncn3-c3c(-c4ccccc4)cccc3-c3ccccc3)c2o1.[Ir]. The van der Waals surface area contributed by atoms with Crippen molar-refractivity contribution in [1.29, 1.82) is 0 Å². The topological polar surface area (TPSA) is 56.7 Å². The van der Waals surface area contributed by atoms with Crippen molar-refractivity contribution in [2.24, 2.45) is 0 Å². The molecule has 0 aliphatic rings. The normalized spacial score (nSPS) is 10.9. The standard InChI is InChI=1S/C28H19N4O.Ir/c1-19-30-25-17-9-16-24(27(25)33-19)28-31-29-18-32(28)26-22(20-10-4-2-5-11-20)14-8-15-23(26)21-12-6-3-7-13-21;/h2-15,17-18H,1H3;/q-1;. The number of benzene rings is 4. The van der Waals surface area contributed by atoms with Gasteiger partial charge in [-0.1, -0.05) is 84.4 Å². The van der Waals surface area contributed by atoms with E-state index in [-0.39, 0.29) is 20.1 Å². The second-order valence-corrected chi connectivity index (χ2v) is 7.76. The zero-order chi connectivity index (χ0) is 22.2.